The van der Waals surface area contributed by atoms with E-state index in [4.69, 9.17) is 0 Å². The number of carbonyl (C=O) groups is 1. The molecule has 1 N–H and O–H groups in total. The molecule has 4 rings (SSSR count). The van der Waals surface area contributed by atoms with Crippen molar-refractivity contribution in [3.05, 3.63) is 16.7 Å². The number of amides is 1. The zero-order valence-electron chi connectivity index (χ0n) is 20.6. The number of carbonyl (C=O) groups excluding carboxylic acids is 1. The predicted octanol–water partition coefficient (Wildman–Crippen LogP) is 4.57. The first-order valence-corrected chi connectivity index (χ1v) is 15.1. The van der Waals surface area contributed by atoms with Crippen molar-refractivity contribution >= 4 is 37.7 Å². The van der Waals surface area contributed by atoms with E-state index in [0.717, 1.165) is 29.8 Å². The topological polar surface area (TPSA) is 82.6 Å². The smallest absolute Gasteiger partial charge is 0.244 e. The summed E-state index contributed by atoms with van der Waals surface area (Å²) in [5.74, 6) is 1.17. The van der Waals surface area contributed by atoms with Gasteiger partial charge >= 0.3 is 0 Å². The van der Waals surface area contributed by atoms with E-state index in [0.29, 0.717) is 43.8 Å². The van der Waals surface area contributed by atoms with Crippen LogP contribution < -0.4 is 10.2 Å². The number of hydrogen-bond acceptors (Lipinski definition) is 5. The quantitative estimate of drug-likeness (QED) is 0.556. The highest BCUT2D eigenvalue weighted by molar-refractivity contribution is 9.10. The second-order valence-electron chi connectivity index (χ2n) is 10.9. The minimum absolute atomic E-state index is 0.0387. The Kier molecular flexibility index (Phi) is 8.24. The molecule has 0 aromatic carbocycles. The molecular weight excluding hydrogens is 516 g/mol. The van der Waals surface area contributed by atoms with E-state index in [-0.39, 0.29) is 16.7 Å². The Morgan fingerprint density at radius 2 is 1.82 bits per heavy atom. The SMILES string of the molecule is CC(C)CNC(=O)C1CCN(S(=O)(=O)c2cnc(N3CCCC4(CCCCC4)C3)c(Br)c2)CC1. The van der Waals surface area contributed by atoms with Gasteiger partial charge < -0.3 is 10.2 Å². The third-order valence-electron chi connectivity index (χ3n) is 7.82. The van der Waals surface area contributed by atoms with Crippen LogP contribution in [0, 0.1) is 17.3 Å². The average molecular weight is 556 g/mol. The maximum Gasteiger partial charge on any atom is 0.244 e. The van der Waals surface area contributed by atoms with E-state index in [1.165, 1.54) is 49.0 Å². The summed E-state index contributed by atoms with van der Waals surface area (Å²) in [5.41, 5.74) is 0.397. The van der Waals surface area contributed by atoms with E-state index < -0.39 is 10.0 Å². The number of aromatic nitrogens is 1. The number of halogens is 1. The van der Waals surface area contributed by atoms with Gasteiger partial charge in [-0.25, -0.2) is 13.4 Å². The molecule has 1 spiro atoms. The molecule has 0 unspecified atom stereocenters. The predicted molar refractivity (Wildman–Crippen MR) is 138 cm³/mol. The van der Waals surface area contributed by atoms with Crippen molar-refractivity contribution < 1.29 is 13.2 Å². The van der Waals surface area contributed by atoms with Crippen LogP contribution in [0.3, 0.4) is 0 Å². The van der Waals surface area contributed by atoms with Gasteiger partial charge in [-0.3, -0.25) is 4.79 Å². The molecule has 1 aliphatic carbocycles. The summed E-state index contributed by atoms with van der Waals surface area (Å²) >= 11 is 3.63. The lowest BCUT2D eigenvalue weighted by atomic mass is 9.69. The minimum atomic E-state index is -3.64. The van der Waals surface area contributed by atoms with Crippen molar-refractivity contribution in [3.63, 3.8) is 0 Å². The Hall–Kier alpha value is -1.19. The lowest BCUT2D eigenvalue weighted by Gasteiger charge is -2.46. The normalized spacial score (nSPS) is 22.3. The summed E-state index contributed by atoms with van der Waals surface area (Å²) in [7, 11) is -3.64. The lowest BCUT2D eigenvalue weighted by molar-refractivity contribution is -0.126. The van der Waals surface area contributed by atoms with Gasteiger partial charge in [-0.2, -0.15) is 4.31 Å². The second-order valence-corrected chi connectivity index (χ2v) is 13.7. The molecule has 3 fully saturated rings. The Labute approximate surface area is 213 Å². The Morgan fingerprint density at radius 3 is 2.47 bits per heavy atom. The van der Waals surface area contributed by atoms with Crippen LogP contribution in [0.5, 0.6) is 0 Å². The molecular formula is C25H39BrN4O3S. The van der Waals surface area contributed by atoms with Crippen LogP contribution >= 0.6 is 15.9 Å². The first kappa shape index (κ1) is 25.9. The molecule has 0 radical (unpaired) electrons. The molecule has 7 nitrogen and oxygen atoms in total. The third kappa shape index (κ3) is 5.78. The van der Waals surface area contributed by atoms with Gasteiger partial charge in [0.15, 0.2) is 0 Å². The molecule has 3 aliphatic rings. The van der Waals surface area contributed by atoms with Crippen molar-refractivity contribution in [2.45, 2.75) is 76.5 Å². The Morgan fingerprint density at radius 1 is 1.15 bits per heavy atom. The van der Waals surface area contributed by atoms with Gasteiger partial charge in [0.1, 0.15) is 10.7 Å². The summed E-state index contributed by atoms with van der Waals surface area (Å²) in [6.07, 6.45) is 11.6. The standard InChI is InChI=1S/C25H39BrN4O3S/c1-19(2)16-28-24(31)20-7-13-30(14-8-20)34(32,33)21-15-22(26)23(27-17-21)29-12-6-11-25(18-29)9-4-3-5-10-25/h15,17,19-20H,3-14,16,18H2,1-2H3,(H,28,31). The van der Waals surface area contributed by atoms with Gasteiger partial charge in [-0.15, -0.1) is 0 Å². The van der Waals surface area contributed by atoms with Gasteiger partial charge in [0.25, 0.3) is 0 Å². The summed E-state index contributed by atoms with van der Waals surface area (Å²) < 4.78 is 28.9. The highest BCUT2D eigenvalue weighted by Crippen LogP contribution is 2.44. The molecule has 9 heteroatoms. The average Bonchev–Trinajstić information content (AvgIpc) is 2.83. The number of anilines is 1. The van der Waals surface area contributed by atoms with Gasteiger partial charge in [-0.1, -0.05) is 33.1 Å². The number of sulfonamides is 1. The first-order chi connectivity index (χ1) is 16.2. The van der Waals surface area contributed by atoms with Crippen molar-refractivity contribution in [3.8, 4) is 0 Å². The molecule has 190 valence electrons. The molecule has 3 heterocycles. The van der Waals surface area contributed by atoms with Gasteiger partial charge in [0, 0.05) is 44.8 Å². The first-order valence-electron chi connectivity index (χ1n) is 12.9. The molecule has 1 aromatic rings. The lowest BCUT2D eigenvalue weighted by Crippen LogP contribution is -2.45. The van der Waals surface area contributed by atoms with Crippen LogP contribution in [0.2, 0.25) is 0 Å². The zero-order chi connectivity index (χ0) is 24.3. The third-order valence-corrected chi connectivity index (χ3v) is 10.3. The molecule has 34 heavy (non-hydrogen) atoms. The van der Waals surface area contributed by atoms with E-state index in [1.54, 1.807) is 6.07 Å². The zero-order valence-corrected chi connectivity index (χ0v) is 23.0. The largest absolute Gasteiger partial charge is 0.356 e. The van der Waals surface area contributed by atoms with E-state index in [9.17, 15) is 13.2 Å². The summed E-state index contributed by atoms with van der Waals surface area (Å²) in [5, 5.41) is 2.98. The van der Waals surface area contributed by atoms with Gasteiger partial charge in [0.2, 0.25) is 15.9 Å². The number of hydrogen-bond donors (Lipinski definition) is 1. The molecule has 1 aromatic heterocycles. The fraction of sp³-hybridized carbons (Fsp3) is 0.760. The van der Waals surface area contributed by atoms with Crippen molar-refractivity contribution in [1.29, 1.82) is 0 Å². The second kappa shape index (κ2) is 10.8. The van der Waals surface area contributed by atoms with Crippen molar-refractivity contribution in [2.75, 3.05) is 37.6 Å². The van der Waals surface area contributed by atoms with Gasteiger partial charge in [-0.05, 0) is 71.9 Å². The fourth-order valence-corrected chi connectivity index (χ4v) is 8.04. The summed E-state index contributed by atoms with van der Waals surface area (Å²) in [4.78, 5) is 19.6. The van der Waals surface area contributed by atoms with E-state index in [2.05, 4.69) is 45.0 Å². The van der Waals surface area contributed by atoms with Crippen LogP contribution in [0.4, 0.5) is 5.82 Å². The molecule has 0 bridgehead atoms. The number of piperidine rings is 2. The van der Waals surface area contributed by atoms with Crippen molar-refractivity contribution in [1.82, 2.24) is 14.6 Å². The highest BCUT2D eigenvalue weighted by Gasteiger charge is 2.38. The van der Waals surface area contributed by atoms with Crippen LogP contribution in [0.1, 0.15) is 71.6 Å². The van der Waals surface area contributed by atoms with Crippen LogP contribution in [0.25, 0.3) is 0 Å². The summed E-state index contributed by atoms with van der Waals surface area (Å²) in [6, 6.07) is 1.71. The van der Waals surface area contributed by atoms with Crippen LogP contribution in [-0.2, 0) is 14.8 Å². The number of nitrogens with one attached hydrogen (secondary N) is 1. The molecule has 0 atom stereocenters. The van der Waals surface area contributed by atoms with Crippen LogP contribution in [-0.4, -0.2) is 56.3 Å². The van der Waals surface area contributed by atoms with E-state index in [1.807, 2.05) is 0 Å². The summed E-state index contributed by atoms with van der Waals surface area (Å²) in [6.45, 7) is 7.47. The minimum Gasteiger partial charge on any atom is -0.356 e. The molecule has 1 amide bonds. The van der Waals surface area contributed by atoms with Crippen molar-refractivity contribution in [2.24, 2.45) is 17.3 Å². The monoisotopic (exact) mass is 554 g/mol. The number of rotatable bonds is 6. The molecule has 1 saturated carbocycles. The molecule has 2 saturated heterocycles. The van der Waals surface area contributed by atoms with Crippen LogP contribution in [0.15, 0.2) is 21.6 Å². The Balaban J connectivity index is 1.40. The molecule has 2 aliphatic heterocycles. The van der Waals surface area contributed by atoms with E-state index >= 15 is 0 Å². The maximum absolute atomic E-state index is 13.3. The maximum atomic E-state index is 13.3. The fourth-order valence-electron chi connectivity index (χ4n) is 5.84. The highest BCUT2D eigenvalue weighted by atomic mass is 79.9. The Bertz CT molecular complexity index is 965. The van der Waals surface area contributed by atoms with Gasteiger partial charge in [0.05, 0.1) is 4.47 Å². The number of pyridine rings is 1. The number of nitrogens with zero attached hydrogens (tertiary/aromatic N) is 3.